The van der Waals surface area contributed by atoms with Crippen molar-refractivity contribution in [3.63, 3.8) is 0 Å². The van der Waals surface area contributed by atoms with Crippen molar-refractivity contribution in [3.05, 3.63) is 78.4 Å². The molecule has 2 heterocycles. The van der Waals surface area contributed by atoms with Crippen molar-refractivity contribution >= 4 is 33.9 Å². The third-order valence-electron chi connectivity index (χ3n) is 4.67. The summed E-state index contributed by atoms with van der Waals surface area (Å²) >= 11 is 0. The summed E-state index contributed by atoms with van der Waals surface area (Å²) in [5.74, 6) is 0.105. The van der Waals surface area contributed by atoms with E-state index in [2.05, 4.69) is 21.9 Å². The van der Waals surface area contributed by atoms with Gasteiger partial charge in [0.15, 0.2) is 5.65 Å². The van der Waals surface area contributed by atoms with Crippen LogP contribution in [0.1, 0.15) is 15.9 Å². The van der Waals surface area contributed by atoms with E-state index in [-0.39, 0.29) is 5.91 Å². The molecule has 0 bridgehead atoms. The van der Waals surface area contributed by atoms with Gasteiger partial charge in [0.25, 0.3) is 5.91 Å². The molecule has 0 radical (unpaired) electrons. The van der Waals surface area contributed by atoms with Crippen LogP contribution in [0.15, 0.2) is 67.3 Å². The maximum absolute atomic E-state index is 12.9. The third kappa shape index (κ3) is 3.20. The summed E-state index contributed by atoms with van der Waals surface area (Å²) in [4.78, 5) is 22.3. The first-order valence-corrected chi connectivity index (χ1v) is 9.16. The average Bonchev–Trinajstić information content (AvgIpc) is 2.98. The van der Waals surface area contributed by atoms with Crippen LogP contribution in [-0.2, 0) is 13.0 Å². The highest BCUT2D eigenvalue weighted by Gasteiger charge is 2.23. The Kier molecular flexibility index (Phi) is 4.76. The number of fused-ring (bicyclic) bond motifs is 2. The topological polar surface area (TPSA) is 85.8 Å². The number of nitrogens with zero attached hydrogens (tertiary/aromatic N) is 3. The number of hydrogen-bond donors (Lipinski definition) is 2. The molecule has 140 valence electrons. The molecule has 3 N–H and O–H groups in total. The molecule has 2 aromatic heterocycles. The third-order valence-corrected chi connectivity index (χ3v) is 4.67. The van der Waals surface area contributed by atoms with Gasteiger partial charge in [0.2, 0.25) is 0 Å². The Morgan fingerprint density at radius 1 is 1.07 bits per heavy atom. The van der Waals surface area contributed by atoms with E-state index in [9.17, 15) is 4.79 Å². The van der Waals surface area contributed by atoms with Crippen molar-refractivity contribution in [2.45, 2.75) is 13.0 Å². The van der Waals surface area contributed by atoms with E-state index in [0.29, 0.717) is 35.6 Å². The number of anilines is 1. The van der Waals surface area contributed by atoms with Gasteiger partial charge in [0, 0.05) is 13.1 Å². The monoisotopic (exact) mass is 371 g/mol. The summed E-state index contributed by atoms with van der Waals surface area (Å²) in [7, 11) is 0. The number of hydrogen-bond acceptors (Lipinski definition) is 4. The molecule has 0 aliphatic rings. The SMILES string of the molecule is C=CCn1c(N)c(C(=O)NCCc2ccccc2)c2nc3ccccc3nc21. The molecule has 2 aromatic carbocycles. The first-order chi connectivity index (χ1) is 13.7. The zero-order valence-electron chi connectivity index (χ0n) is 15.4. The zero-order chi connectivity index (χ0) is 19.5. The van der Waals surface area contributed by atoms with E-state index in [4.69, 9.17) is 5.73 Å². The molecule has 0 unspecified atom stereocenters. The van der Waals surface area contributed by atoms with Crippen LogP contribution in [0.2, 0.25) is 0 Å². The standard InChI is InChI=1S/C22H21N5O/c1-2-14-27-20(23)18(22(28)24-13-12-15-8-4-3-5-9-15)19-21(27)26-17-11-7-6-10-16(17)25-19/h2-11H,1,12-14,23H2,(H,24,28). The molecular formula is C22H21N5O. The summed E-state index contributed by atoms with van der Waals surface area (Å²) in [6.07, 6.45) is 2.47. The number of carbonyl (C=O) groups is 1. The van der Waals surface area contributed by atoms with E-state index >= 15 is 0 Å². The van der Waals surface area contributed by atoms with Gasteiger partial charge in [-0.05, 0) is 24.1 Å². The van der Waals surface area contributed by atoms with Crippen molar-refractivity contribution in [2.24, 2.45) is 0 Å². The summed E-state index contributed by atoms with van der Waals surface area (Å²) < 4.78 is 1.77. The maximum Gasteiger partial charge on any atom is 0.257 e. The Morgan fingerprint density at radius 3 is 2.46 bits per heavy atom. The van der Waals surface area contributed by atoms with Crippen LogP contribution < -0.4 is 11.1 Å². The largest absolute Gasteiger partial charge is 0.384 e. The van der Waals surface area contributed by atoms with Crippen molar-refractivity contribution < 1.29 is 4.79 Å². The smallest absolute Gasteiger partial charge is 0.257 e. The lowest BCUT2D eigenvalue weighted by molar-refractivity contribution is 0.0956. The van der Waals surface area contributed by atoms with Gasteiger partial charge in [-0.15, -0.1) is 6.58 Å². The lowest BCUT2D eigenvalue weighted by Crippen LogP contribution is -2.26. The van der Waals surface area contributed by atoms with Gasteiger partial charge < -0.3 is 15.6 Å². The van der Waals surface area contributed by atoms with Crippen LogP contribution in [0.5, 0.6) is 0 Å². The van der Waals surface area contributed by atoms with Crippen LogP contribution in [0.3, 0.4) is 0 Å². The van der Waals surface area contributed by atoms with Gasteiger partial charge in [0.05, 0.1) is 11.0 Å². The first kappa shape index (κ1) is 17.7. The fraction of sp³-hybridized carbons (Fsp3) is 0.136. The summed E-state index contributed by atoms with van der Waals surface area (Å²) in [6, 6.07) is 17.6. The molecule has 6 heteroatoms. The Balaban J connectivity index is 1.70. The molecular weight excluding hydrogens is 350 g/mol. The van der Waals surface area contributed by atoms with Gasteiger partial charge in [-0.3, -0.25) is 4.79 Å². The summed E-state index contributed by atoms with van der Waals surface area (Å²) in [5, 5.41) is 2.96. The van der Waals surface area contributed by atoms with Crippen molar-refractivity contribution in [1.82, 2.24) is 19.9 Å². The Bertz CT molecular complexity index is 1160. The van der Waals surface area contributed by atoms with E-state index < -0.39 is 0 Å². The number of benzene rings is 2. The molecule has 0 spiro atoms. The van der Waals surface area contributed by atoms with Gasteiger partial charge >= 0.3 is 0 Å². The second-order valence-electron chi connectivity index (χ2n) is 6.54. The minimum atomic E-state index is -0.245. The minimum absolute atomic E-state index is 0.245. The second kappa shape index (κ2) is 7.52. The van der Waals surface area contributed by atoms with Gasteiger partial charge in [0.1, 0.15) is 16.9 Å². The highest BCUT2D eigenvalue weighted by Crippen LogP contribution is 2.27. The van der Waals surface area contributed by atoms with E-state index in [1.807, 2.05) is 54.6 Å². The predicted molar refractivity (Wildman–Crippen MR) is 112 cm³/mol. The molecule has 28 heavy (non-hydrogen) atoms. The number of rotatable bonds is 6. The van der Waals surface area contributed by atoms with E-state index in [0.717, 1.165) is 23.0 Å². The predicted octanol–water partition coefficient (Wildman–Crippen LogP) is 3.33. The van der Waals surface area contributed by atoms with E-state index in [1.165, 1.54) is 0 Å². The van der Waals surface area contributed by atoms with E-state index in [1.54, 1.807) is 10.6 Å². The number of nitrogens with one attached hydrogen (secondary N) is 1. The Labute approximate surface area is 162 Å². The number of para-hydroxylation sites is 2. The quantitative estimate of drug-likeness (QED) is 0.509. The molecule has 0 saturated heterocycles. The van der Waals surface area contributed by atoms with Crippen molar-refractivity contribution in [2.75, 3.05) is 12.3 Å². The molecule has 6 nitrogen and oxygen atoms in total. The van der Waals surface area contributed by atoms with Crippen molar-refractivity contribution in [1.29, 1.82) is 0 Å². The molecule has 4 aromatic rings. The first-order valence-electron chi connectivity index (χ1n) is 9.16. The number of aromatic nitrogens is 3. The van der Waals surface area contributed by atoms with Crippen LogP contribution in [0.25, 0.3) is 22.2 Å². The normalized spacial score (nSPS) is 11.0. The Morgan fingerprint density at radius 2 is 1.75 bits per heavy atom. The average molecular weight is 371 g/mol. The molecule has 0 aliphatic heterocycles. The minimum Gasteiger partial charge on any atom is -0.384 e. The van der Waals surface area contributed by atoms with Crippen LogP contribution in [0, 0.1) is 0 Å². The number of allylic oxidation sites excluding steroid dienone is 1. The molecule has 0 aliphatic carbocycles. The van der Waals surface area contributed by atoms with Gasteiger partial charge in [-0.1, -0.05) is 48.5 Å². The molecule has 0 atom stereocenters. The summed E-state index contributed by atoms with van der Waals surface area (Å²) in [5.41, 5.74) is 10.4. The number of nitrogens with two attached hydrogens (primary N) is 1. The molecule has 4 rings (SSSR count). The fourth-order valence-corrected chi connectivity index (χ4v) is 3.31. The lowest BCUT2D eigenvalue weighted by atomic mass is 10.1. The van der Waals surface area contributed by atoms with Crippen LogP contribution in [-0.4, -0.2) is 27.0 Å². The number of nitrogen functional groups attached to an aromatic ring is 1. The second-order valence-corrected chi connectivity index (χ2v) is 6.54. The molecule has 0 saturated carbocycles. The van der Waals surface area contributed by atoms with Gasteiger partial charge in [-0.2, -0.15) is 0 Å². The van der Waals surface area contributed by atoms with Crippen molar-refractivity contribution in [3.8, 4) is 0 Å². The zero-order valence-corrected chi connectivity index (χ0v) is 15.4. The van der Waals surface area contributed by atoms with Crippen LogP contribution in [0.4, 0.5) is 5.82 Å². The fourth-order valence-electron chi connectivity index (χ4n) is 3.31. The van der Waals surface area contributed by atoms with Crippen LogP contribution >= 0.6 is 0 Å². The maximum atomic E-state index is 12.9. The summed E-state index contributed by atoms with van der Waals surface area (Å²) in [6.45, 7) is 4.74. The number of carbonyl (C=O) groups excluding carboxylic acids is 1. The highest BCUT2D eigenvalue weighted by atomic mass is 16.1. The molecule has 0 fully saturated rings. The lowest BCUT2D eigenvalue weighted by Gasteiger charge is -2.06. The van der Waals surface area contributed by atoms with Gasteiger partial charge in [-0.25, -0.2) is 9.97 Å². The highest BCUT2D eigenvalue weighted by molar-refractivity contribution is 6.10. The number of amides is 1. The Hall–Kier alpha value is -3.67. The molecule has 1 amide bonds.